The molecule has 4 heterocycles. The van der Waals surface area contributed by atoms with Crippen LogP contribution >= 0.6 is 0 Å². The van der Waals surface area contributed by atoms with Crippen molar-refractivity contribution in [2.75, 3.05) is 36.4 Å². The standard InChI is InChI=1S/C25H30N8O/c26-11-8-18-9-14-33(15-10-18)25-29-21-16-27-31-24(34)22(21)23(30-25)28-20-6-4-19(5-7-20)17-32-12-2-1-3-13-32/h4-7,16,18H,1-3,8-10,12-15,17H2,(H,31,34)(H,28,29,30). The number of anilines is 3. The van der Waals surface area contributed by atoms with Crippen LogP contribution in [0.5, 0.6) is 0 Å². The Balaban J connectivity index is 1.37. The monoisotopic (exact) mass is 458 g/mol. The van der Waals surface area contributed by atoms with Gasteiger partial charge >= 0.3 is 0 Å². The van der Waals surface area contributed by atoms with Crippen molar-refractivity contribution in [2.45, 2.75) is 45.1 Å². The number of hydrogen-bond donors (Lipinski definition) is 2. The molecule has 0 bridgehead atoms. The minimum atomic E-state index is -0.319. The molecule has 0 unspecified atom stereocenters. The van der Waals surface area contributed by atoms with Gasteiger partial charge in [-0.15, -0.1) is 0 Å². The van der Waals surface area contributed by atoms with Gasteiger partial charge in [-0.25, -0.2) is 10.1 Å². The Bertz CT molecular complexity index is 1220. The highest BCUT2D eigenvalue weighted by atomic mass is 16.1. The molecular weight excluding hydrogens is 428 g/mol. The van der Waals surface area contributed by atoms with Crippen LogP contribution in [0.1, 0.15) is 44.1 Å². The molecule has 9 nitrogen and oxygen atoms in total. The van der Waals surface area contributed by atoms with Gasteiger partial charge in [-0.2, -0.15) is 15.3 Å². The van der Waals surface area contributed by atoms with E-state index >= 15 is 0 Å². The number of benzene rings is 1. The van der Waals surface area contributed by atoms with E-state index in [4.69, 9.17) is 10.2 Å². The van der Waals surface area contributed by atoms with Gasteiger partial charge in [-0.05, 0) is 62.4 Å². The van der Waals surface area contributed by atoms with Gasteiger partial charge in [0.15, 0.2) is 0 Å². The Kier molecular flexibility index (Phi) is 6.67. The van der Waals surface area contributed by atoms with Gasteiger partial charge in [0, 0.05) is 31.7 Å². The van der Waals surface area contributed by atoms with Crippen molar-refractivity contribution >= 4 is 28.4 Å². The zero-order chi connectivity index (χ0) is 23.3. The van der Waals surface area contributed by atoms with Crippen molar-refractivity contribution in [3.63, 3.8) is 0 Å². The highest BCUT2D eigenvalue weighted by Crippen LogP contribution is 2.27. The summed E-state index contributed by atoms with van der Waals surface area (Å²) in [6.45, 7) is 4.88. The van der Waals surface area contributed by atoms with Crippen molar-refractivity contribution in [2.24, 2.45) is 5.92 Å². The lowest BCUT2D eigenvalue weighted by molar-refractivity contribution is 0.221. The predicted molar refractivity (Wildman–Crippen MR) is 132 cm³/mol. The lowest BCUT2D eigenvalue weighted by atomic mass is 9.94. The zero-order valence-electron chi connectivity index (χ0n) is 19.3. The molecule has 1 aromatic carbocycles. The fraction of sp³-hybridized carbons (Fsp3) is 0.480. The molecule has 9 heteroatoms. The van der Waals surface area contributed by atoms with Crippen LogP contribution in [-0.4, -0.2) is 51.2 Å². The van der Waals surface area contributed by atoms with Crippen LogP contribution in [0, 0.1) is 17.2 Å². The number of aromatic nitrogens is 4. The Labute approximate surface area is 198 Å². The van der Waals surface area contributed by atoms with E-state index in [1.165, 1.54) is 37.9 Å². The molecule has 0 radical (unpaired) electrons. The number of nitrogens with one attached hydrogen (secondary N) is 2. The van der Waals surface area contributed by atoms with Gasteiger partial charge in [-0.3, -0.25) is 9.69 Å². The molecule has 5 rings (SSSR count). The maximum absolute atomic E-state index is 12.6. The fourth-order valence-electron chi connectivity index (χ4n) is 4.90. The number of likely N-dealkylation sites (tertiary alicyclic amines) is 1. The van der Waals surface area contributed by atoms with Gasteiger partial charge in [0.2, 0.25) is 5.95 Å². The first-order valence-corrected chi connectivity index (χ1v) is 12.2. The number of nitriles is 1. The van der Waals surface area contributed by atoms with Crippen LogP contribution in [0.25, 0.3) is 10.9 Å². The minimum absolute atomic E-state index is 0.319. The lowest BCUT2D eigenvalue weighted by Crippen LogP contribution is -2.35. The summed E-state index contributed by atoms with van der Waals surface area (Å²) in [6, 6.07) is 10.6. The number of hydrogen-bond acceptors (Lipinski definition) is 8. The third kappa shape index (κ3) is 5.02. The summed E-state index contributed by atoms with van der Waals surface area (Å²) in [4.78, 5) is 26.6. The Morgan fingerprint density at radius 2 is 1.82 bits per heavy atom. The normalized spacial score (nSPS) is 17.6. The molecule has 2 aliphatic rings. The molecule has 2 saturated heterocycles. The minimum Gasteiger partial charge on any atom is -0.341 e. The highest BCUT2D eigenvalue weighted by molar-refractivity contribution is 5.90. The second kappa shape index (κ2) is 10.2. The Morgan fingerprint density at radius 1 is 1.06 bits per heavy atom. The van der Waals surface area contributed by atoms with E-state index in [0.29, 0.717) is 35.0 Å². The second-order valence-corrected chi connectivity index (χ2v) is 9.28. The largest absolute Gasteiger partial charge is 0.341 e. The third-order valence-corrected chi connectivity index (χ3v) is 6.85. The fourth-order valence-corrected chi connectivity index (χ4v) is 4.90. The molecule has 0 saturated carbocycles. The van der Waals surface area contributed by atoms with E-state index in [9.17, 15) is 4.79 Å². The molecule has 176 valence electrons. The molecule has 0 atom stereocenters. The van der Waals surface area contributed by atoms with Gasteiger partial charge in [0.1, 0.15) is 16.7 Å². The molecular formula is C25H30N8O. The first-order chi connectivity index (χ1) is 16.7. The van der Waals surface area contributed by atoms with Crippen molar-refractivity contribution in [1.82, 2.24) is 25.1 Å². The van der Waals surface area contributed by atoms with Crippen molar-refractivity contribution < 1.29 is 0 Å². The predicted octanol–water partition coefficient (Wildman–Crippen LogP) is 3.57. The Morgan fingerprint density at radius 3 is 2.56 bits per heavy atom. The number of piperidine rings is 2. The van der Waals surface area contributed by atoms with E-state index in [2.05, 4.69) is 48.5 Å². The van der Waals surface area contributed by atoms with Gasteiger partial charge in [0.05, 0.1) is 12.3 Å². The SMILES string of the molecule is N#CCC1CCN(c2nc(Nc3ccc(CN4CCCCC4)cc3)c3c(=O)[nH]ncc3n2)CC1. The maximum Gasteiger partial charge on any atom is 0.277 e. The summed E-state index contributed by atoms with van der Waals surface area (Å²) in [5, 5.41) is 19.2. The number of nitrogens with zero attached hydrogens (tertiary/aromatic N) is 6. The van der Waals surface area contributed by atoms with Gasteiger partial charge in [-0.1, -0.05) is 18.6 Å². The lowest BCUT2D eigenvalue weighted by Gasteiger charge is -2.31. The number of H-pyrrole nitrogens is 1. The van der Waals surface area contributed by atoms with Crippen LogP contribution < -0.4 is 15.8 Å². The molecule has 2 aliphatic heterocycles. The molecule has 0 spiro atoms. The average molecular weight is 459 g/mol. The van der Waals surface area contributed by atoms with E-state index < -0.39 is 0 Å². The Hall–Kier alpha value is -3.51. The zero-order valence-corrected chi connectivity index (χ0v) is 19.3. The molecule has 3 aromatic rings. The number of fused-ring (bicyclic) bond motifs is 1. The molecule has 2 aromatic heterocycles. The van der Waals surface area contributed by atoms with Gasteiger partial charge in [0.25, 0.3) is 5.56 Å². The first-order valence-electron chi connectivity index (χ1n) is 12.2. The molecule has 0 aliphatic carbocycles. The highest BCUT2D eigenvalue weighted by Gasteiger charge is 2.23. The molecule has 2 fully saturated rings. The van der Waals surface area contributed by atoms with Crippen molar-refractivity contribution in [3.8, 4) is 6.07 Å². The summed E-state index contributed by atoms with van der Waals surface area (Å²) in [7, 11) is 0. The quantitative estimate of drug-likeness (QED) is 0.576. The molecule has 34 heavy (non-hydrogen) atoms. The summed E-state index contributed by atoms with van der Waals surface area (Å²) in [5.41, 5.74) is 2.35. The van der Waals surface area contributed by atoms with Gasteiger partial charge < -0.3 is 10.2 Å². The van der Waals surface area contributed by atoms with E-state index in [1.54, 1.807) is 6.20 Å². The second-order valence-electron chi connectivity index (χ2n) is 9.28. The van der Waals surface area contributed by atoms with Crippen LogP contribution in [0.15, 0.2) is 35.3 Å². The summed E-state index contributed by atoms with van der Waals surface area (Å²) in [5.74, 6) is 1.48. The van der Waals surface area contributed by atoms with Crippen LogP contribution in [0.3, 0.4) is 0 Å². The topological polar surface area (TPSA) is 114 Å². The van der Waals surface area contributed by atoms with Crippen molar-refractivity contribution in [3.05, 3.63) is 46.4 Å². The maximum atomic E-state index is 12.6. The third-order valence-electron chi connectivity index (χ3n) is 6.85. The van der Waals surface area contributed by atoms with E-state index in [1.807, 2.05) is 12.1 Å². The number of rotatable bonds is 6. The summed E-state index contributed by atoms with van der Waals surface area (Å²) < 4.78 is 0. The average Bonchev–Trinajstić information content (AvgIpc) is 2.86. The molecule has 0 amide bonds. The summed E-state index contributed by atoms with van der Waals surface area (Å²) in [6.07, 6.45) is 7.92. The van der Waals surface area contributed by atoms with E-state index in [-0.39, 0.29) is 5.56 Å². The van der Waals surface area contributed by atoms with Crippen LogP contribution in [0.4, 0.5) is 17.5 Å². The smallest absolute Gasteiger partial charge is 0.277 e. The van der Waals surface area contributed by atoms with E-state index in [0.717, 1.165) is 38.2 Å². The number of aromatic amines is 1. The van der Waals surface area contributed by atoms with Crippen LogP contribution in [0.2, 0.25) is 0 Å². The first kappa shape index (κ1) is 22.3. The van der Waals surface area contributed by atoms with Crippen LogP contribution in [-0.2, 0) is 6.54 Å². The summed E-state index contributed by atoms with van der Waals surface area (Å²) >= 11 is 0. The van der Waals surface area contributed by atoms with Crippen molar-refractivity contribution in [1.29, 1.82) is 5.26 Å². The molecule has 2 N–H and O–H groups in total.